The van der Waals surface area contributed by atoms with Crippen LogP contribution in [0.3, 0.4) is 0 Å². The number of amides is 2. The highest BCUT2D eigenvalue weighted by Crippen LogP contribution is 2.28. The predicted molar refractivity (Wildman–Crippen MR) is 161 cm³/mol. The fourth-order valence-corrected chi connectivity index (χ4v) is 5.85. The minimum atomic E-state index is -4.15. The fraction of sp³-hybridized carbons (Fsp3) is 0.355. The molecule has 0 bridgehead atoms. The van der Waals surface area contributed by atoms with Gasteiger partial charge in [-0.2, -0.15) is 0 Å². The molecule has 214 valence electrons. The Labute approximate surface area is 243 Å². The lowest BCUT2D eigenvalue weighted by molar-refractivity contribution is -0.141. The number of rotatable bonds is 10. The van der Waals surface area contributed by atoms with E-state index in [1.54, 1.807) is 36.4 Å². The van der Waals surface area contributed by atoms with Gasteiger partial charge in [0.05, 0.1) is 10.6 Å². The molecule has 3 rings (SSSR count). The summed E-state index contributed by atoms with van der Waals surface area (Å²) in [5.74, 6) is -0.806. The third-order valence-electron chi connectivity index (χ3n) is 6.41. The van der Waals surface area contributed by atoms with Crippen molar-refractivity contribution >= 4 is 39.1 Å². The molecule has 1 unspecified atom stereocenters. The second-order valence-electron chi connectivity index (χ2n) is 10.9. The Morgan fingerprint density at radius 1 is 0.950 bits per heavy atom. The summed E-state index contributed by atoms with van der Waals surface area (Å²) >= 11 is 6.38. The van der Waals surface area contributed by atoms with Crippen LogP contribution in [-0.4, -0.2) is 43.3 Å². The number of sulfonamides is 1. The number of carbonyl (C=O) groups excluding carboxylic acids is 2. The van der Waals surface area contributed by atoms with E-state index in [0.29, 0.717) is 11.4 Å². The van der Waals surface area contributed by atoms with E-state index in [1.807, 2.05) is 65.8 Å². The van der Waals surface area contributed by atoms with E-state index in [1.165, 1.54) is 17.0 Å². The molecule has 0 saturated carbocycles. The molecule has 0 aliphatic heterocycles. The number of hydrogen-bond donors (Lipinski definition) is 1. The Hall–Kier alpha value is -3.36. The summed E-state index contributed by atoms with van der Waals surface area (Å²) in [7, 11) is -4.15. The molecule has 7 nitrogen and oxygen atoms in total. The van der Waals surface area contributed by atoms with Crippen molar-refractivity contribution in [3.8, 4) is 0 Å². The molecule has 2 amide bonds. The Morgan fingerprint density at radius 2 is 1.57 bits per heavy atom. The SMILES string of the molecule is CCC(C(=O)NC(C)(C)C)N(Cc1ccc(C)cc1)C(=O)CN(c1ccc(C)c(Cl)c1)S(=O)(=O)c1ccccc1. The van der Waals surface area contributed by atoms with Crippen molar-refractivity contribution in [2.24, 2.45) is 0 Å². The van der Waals surface area contributed by atoms with Crippen LogP contribution in [0, 0.1) is 13.8 Å². The topological polar surface area (TPSA) is 86.8 Å². The molecule has 0 saturated heterocycles. The van der Waals surface area contributed by atoms with Crippen LogP contribution < -0.4 is 9.62 Å². The summed E-state index contributed by atoms with van der Waals surface area (Å²) in [6.45, 7) is 10.9. The maximum Gasteiger partial charge on any atom is 0.264 e. The van der Waals surface area contributed by atoms with Crippen LogP contribution in [0.2, 0.25) is 5.02 Å². The summed E-state index contributed by atoms with van der Waals surface area (Å²) in [5, 5.41) is 3.35. The van der Waals surface area contributed by atoms with Crippen LogP contribution in [0.15, 0.2) is 77.7 Å². The molecule has 1 N–H and O–H groups in total. The van der Waals surface area contributed by atoms with Gasteiger partial charge in [0.25, 0.3) is 10.0 Å². The van der Waals surface area contributed by atoms with Gasteiger partial charge in [-0.15, -0.1) is 0 Å². The zero-order valence-corrected chi connectivity index (χ0v) is 25.5. The van der Waals surface area contributed by atoms with Gasteiger partial charge in [-0.25, -0.2) is 8.42 Å². The van der Waals surface area contributed by atoms with Gasteiger partial charge in [0.15, 0.2) is 0 Å². The molecular weight excluding hydrogens is 546 g/mol. The van der Waals surface area contributed by atoms with Crippen LogP contribution >= 0.6 is 11.6 Å². The van der Waals surface area contributed by atoms with Gasteiger partial charge in [-0.05, 0) is 76.4 Å². The van der Waals surface area contributed by atoms with E-state index < -0.39 is 34.1 Å². The smallest absolute Gasteiger partial charge is 0.264 e. The zero-order valence-electron chi connectivity index (χ0n) is 23.9. The Morgan fingerprint density at radius 3 is 2.12 bits per heavy atom. The average molecular weight is 584 g/mol. The van der Waals surface area contributed by atoms with E-state index in [9.17, 15) is 18.0 Å². The van der Waals surface area contributed by atoms with Gasteiger partial charge in [-0.1, -0.05) is 72.6 Å². The molecule has 1 atom stereocenters. The molecule has 0 radical (unpaired) electrons. The number of hydrogen-bond acceptors (Lipinski definition) is 4. The Kier molecular flexibility index (Phi) is 10.0. The van der Waals surface area contributed by atoms with Crippen LogP contribution in [-0.2, 0) is 26.2 Å². The number of benzene rings is 3. The highest BCUT2D eigenvalue weighted by Gasteiger charge is 2.34. The maximum absolute atomic E-state index is 14.1. The summed E-state index contributed by atoms with van der Waals surface area (Å²) in [4.78, 5) is 29.0. The first-order valence-electron chi connectivity index (χ1n) is 13.2. The van der Waals surface area contributed by atoms with E-state index in [4.69, 9.17) is 11.6 Å². The first-order valence-corrected chi connectivity index (χ1v) is 15.1. The summed E-state index contributed by atoms with van der Waals surface area (Å²) in [6, 6.07) is 19.7. The first-order chi connectivity index (χ1) is 18.7. The number of carbonyl (C=O) groups is 2. The highest BCUT2D eigenvalue weighted by molar-refractivity contribution is 7.92. The van der Waals surface area contributed by atoms with Gasteiger partial charge in [0.1, 0.15) is 12.6 Å². The van der Waals surface area contributed by atoms with Crippen LogP contribution in [0.4, 0.5) is 5.69 Å². The van der Waals surface area contributed by atoms with Crippen molar-refractivity contribution in [3.63, 3.8) is 0 Å². The van der Waals surface area contributed by atoms with Gasteiger partial charge in [0, 0.05) is 17.1 Å². The van der Waals surface area contributed by atoms with Crippen molar-refractivity contribution < 1.29 is 18.0 Å². The lowest BCUT2D eigenvalue weighted by Gasteiger charge is -2.35. The molecule has 40 heavy (non-hydrogen) atoms. The Balaban J connectivity index is 2.08. The van der Waals surface area contributed by atoms with Crippen LogP contribution in [0.1, 0.15) is 50.8 Å². The third-order valence-corrected chi connectivity index (χ3v) is 8.61. The second-order valence-corrected chi connectivity index (χ2v) is 13.2. The zero-order chi connectivity index (χ0) is 29.7. The Bertz CT molecular complexity index is 1440. The number of nitrogens with one attached hydrogen (secondary N) is 1. The molecule has 0 aliphatic carbocycles. The first kappa shape index (κ1) is 31.2. The summed E-state index contributed by atoms with van der Waals surface area (Å²) in [5.41, 5.74) is 2.42. The van der Waals surface area contributed by atoms with Crippen molar-refractivity contribution in [1.82, 2.24) is 10.2 Å². The monoisotopic (exact) mass is 583 g/mol. The average Bonchev–Trinajstić information content (AvgIpc) is 2.89. The van der Waals surface area contributed by atoms with Crippen molar-refractivity contribution in [2.75, 3.05) is 10.8 Å². The second kappa shape index (κ2) is 12.9. The molecular formula is C31H38ClN3O4S. The van der Waals surface area contributed by atoms with E-state index in [2.05, 4.69) is 5.32 Å². The molecule has 3 aromatic carbocycles. The molecule has 0 aromatic heterocycles. The lowest BCUT2D eigenvalue weighted by atomic mass is 10.1. The number of nitrogens with zero attached hydrogens (tertiary/aromatic N) is 2. The predicted octanol–water partition coefficient (Wildman–Crippen LogP) is 5.87. The normalized spacial score (nSPS) is 12.5. The molecule has 0 aliphatic rings. The van der Waals surface area contributed by atoms with E-state index in [0.717, 1.165) is 21.0 Å². The number of halogens is 1. The lowest BCUT2D eigenvalue weighted by Crippen LogP contribution is -2.55. The van der Waals surface area contributed by atoms with Gasteiger partial charge in [-0.3, -0.25) is 13.9 Å². The van der Waals surface area contributed by atoms with Gasteiger partial charge in [0.2, 0.25) is 11.8 Å². The highest BCUT2D eigenvalue weighted by atomic mass is 35.5. The van der Waals surface area contributed by atoms with Crippen molar-refractivity contribution in [1.29, 1.82) is 0 Å². The third kappa shape index (κ3) is 7.86. The quantitative estimate of drug-likeness (QED) is 0.323. The van der Waals surface area contributed by atoms with E-state index in [-0.39, 0.29) is 23.0 Å². The fourth-order valence-electron chi connectivity index (χ4n) is 4.25. The van der Waals surface area contributed by atoms with Crippen molar-refractivity contribution in [2.45, 2.75) is 71.0 Å². The maximum atomic E-state index is 14.1. The molecule has 9 heteroatoms. The summed E-state index contributed by atoms with van der Waals surface area (Å²) < 4.78 is 28.8. The molecule has 3 aromatic rings. The van der Waals surface area contributed by atoms with Crippen LogP contribution in [0.5, 0.6) is 0 Å². The van der Waals surface area contributed by atoms with E-state index >= 15 is 0 Å². The van der Waals surface area contributed by atoms with Gasteiger partial charge >= 0.3 is 0 Å². The minimum absolute atomic E-state index is 0.0436. The largest absolute Gasteiger partial charge is 0.350 e. The number of anilines is 1. The standard InChI is InChI=1S/C31H38ClN3O4S/c1-7-28(30(37)33-31(4,5)6)34(20-24-16-13-22(2)14-17-24)29(36)21-35(25-18-15-23(3)27(32)19-25)40(38,39)26-11-9-8-10-12-26/h8-19,28H,7,20-21H2,1-6H3,(H,33,37). The molecule has 0 fully saturated rings. The van der Waals surface area contributed by atoms with Crippen molar-refractivity contribution in [3.05, 3.63) is 94.5 Å². The summed E-state index contributed by atoms with van der Waals surface area (Å²) in [6.07, 6.45) is 0.349. The number of aryl methyl sites for hydroxylation is 2. The van der Waals surface area contributed by atoms with Crippen LogP contribution in [0.25, 0.3) is 0 Å². The minimum Gasteiger partial charge on any atom is -0.350 e. The van der Waals surface area contributed by atoms with Gasteiger partial charge < -0.3 is 10.2 Å². The molecule has 0 spiro atoms. The molecule has 0 heterocycles.